The van der Waals surface area contributed by atoms with Gasteiger partial charge in [-0.25, -0.2) is 13.2 Å². The molecule has 0 saturated carbocycles. The minimum Gasteiger partial charge on any atom is -0.497 e. The normalized spacial score (nSPS) is 20.5. The van der Waals surface area contributed by atoms with E-state index in [1.54, 1.807) is 33.0 Å². The van der Waals surface area contributed by atoms with Crippen LogP contribution in [0.15, 0.2) is 53.4 Å². The summed E-state index contributed by atoms with van der Waals surface area (Å²) >= 11 is 0. The van der Waals surface area contributed by atoms with Crippen LogP contribution in [0, 0.1) is 11.8 Å². The van der Waals surface area contributed by atoms with Gasteiger partial charge in [-0.2, -0.15) is 4.31 Å². The minimum atomic E-state index is -4.03. The number of aliphatic hydroxyl groups excluding tert-OH is 1. The molecular formula is C34H52N3O11PS. The third-order valence-corrected chi connectivity index (χ3v) is 12.4. The van der Waals surface area contributed by atoms with Crippen LogP contribution in [0.4, 0.5) is 10.5 Å². The van der Waals surface area contributed by atoms with E-state index >= 15 is 0 Å². The van der Waals surface area contributed by atoms with Crippen molar-refractivity contribution < 1.29 is 50.9 Å². The number of hydrogen-bond acceptors (Lipinski definition) is 12. The first kappa shape index (κ1) is 40.0. The lowest BCUT2D eigenvalue weighted by Gasteiger charge is -2.33. The van der Waals surface area contributed by atoms with Crippen molar-refractivity contribution in [3.05, 3.63) is 54.1 Å². The number of benzene rings is 2. The third kappa shape index (κ3) is 10.6. The first-order valence-electron chi connectivity index (χ1n) is 17.0. The summed E-state index contributed by atoms with van der Waals surface area (Å²) in [7, 11) is -4.04. The average Bonchev–Trinajstić information content (AvgIpc) is 3.69. The highest BCUT2D eigenvalue weighted by atomic mass is 32.2. The first-order valence-corrected chi connectivity index (χ1v) is 20.2. The molecule has 2 N–H and O–H groups in total. The van der Waals surface area contributed by atoms with Gasteiger partial charge in [0, 0.05) is 32.4 Å². The van der Waals surface area contributed by atoms with Gasteiger partial charge in [-0.3, -0.25) is 4.57 Å². The van der Waals surface area contributed by atoms with E-state index in [1.807, 2.05) is 43.0 Å². The summed E-state index contributed by atoms with van der Waals surface area (Å²) in [6, 6.07) is 12.4. The Balaban J connectivity index is 1.54. The highest BCUT2D eigenvalue weighted by Gasteiger charge is 2.44. The largest absolute Gasteiger partial charge is 0.497 e. The number of likely N-dealkylation sites (N-methyl/N-ethyl adjacent to an activating group) is 1. The Labute approximate surface area is 295 Å². The molecule has 0 spiro atoms. The number of sulfonamides is 1. The number of methoxy groups -OCH3 is 1. The van der Waals surface area contributed by atoms with Crippen molar-refractivity contribution >= 4 is 29.4 Å². The Morgan fingerprint density at radius 3 is 2.28 bits per heavy atom. The molecule has 0 aliphatic carbocycles. The zero-order valence-electron chi connectivity index (χ0n) is 29.7. The molecule has 2 aliphatic heterocycles. The summed E-state index contributed by atoms with van der Waals surface area (Å²) in [5, 5.41) is 14.5. The van der Waals surface area contributed by atoms with Gasteiger partial charge in [0.15, 0.2) is 6.29 Å². The van der Waals surface area contributed by atoms with Crippen LogP contribution in [0.5, 0.6) is 5.75 Å². The molecule has 14 nitrogen and oxygen atoms in total. The maximum atomic E-state index is 13.8. The molecule has 2 aliphatic rings. The van der Waals surface area contributed by atoms with Gasteiger partial charge in [0.2, 0.25) is 10.0 Å². The average molecular weight is 742 g/mol. The summed E-state index contributed by atoms with van der Waals surface area (Å²) < 4.78 is 74.9. The van der Waals surface area contributed by atoms with Crippen molar-refractivity contribution in [2.75, 3.05) is 65.1 Å². The fourth-order valence-corrected chi connectivity index (χ4v) is 9.37. The molecule has 50 heavy (non-hydrogen) atoms. The zero-order valence-corrected chi connectivity index (χ0v) is 31.4. The molecule has 280 valence electrons. The lowest BCUT2D eigenvalue weighted by molar-refractivity contribution is -0.0907. The molecule has 2 aromatic rings. The Morgan fingerprint density at radius 2 is 1.68 bits per heavy atom. The van der Waals surface area contributed by atoms with Crippen molar-refractivity contribution in [2.45, 2.75) is 69.7 Å². The minimum absolute atomic E-state index is 0.0556. The molecule has 4 rings (SSSR count). The van der Waals surface area contributed by atoms with Gasteiger partial charge in [0.05, 0.1) is 62.7 Å². The van der Waals surface area contributed by atoms with E-state index in [1.165, 1.54) is 23.5 Å². The van der Waals surface area contributed by atoms with E-state index in [4.69, 9.17) is 28.0 Å². The van der Waals surface area contributed by atoms with Crippen LogP contribution in [-0.4, -0.2) is 109 Å². The highest BCUT2D eigenvalue weighted by molar-refractivity contribution is 7.89. The van der Waals surface area contributed by atoms with Gasteiger partial charge in [-0.1, -0.05) is 26.0 Å². The van der Waals surface area contributed by atoms with Crippen LogP contribution >= 0.6 is 7.60 Å². The van der Waals surface area contributed by atoms with Gasteiger partial charge in [0.25, 0.3) is 0 Å². The summed E-state index contributed by atoms with van der Waals surface area (Å²) in [6.07, 6.45) is -2.20. The predicted octanol–water partition coefficient (Wildman–Crippen LogP) is 4.46. The maximum Gasteiger partial charge on any atom is 0.407 e. The monoisotopic (exact) mass is 741 g/mol. The van der Waals surface area contributed by atoms with Crippen LogP contribution < -0.4 is 15.0 Å². The van der Waals surface area contributed by atoms with Gasteiger partial charge < -0.3 is 43.3 Å². The second-order valence-electron chi connectivity index (χ2n) is 12.8. The van der Waals surface area contributed by atoms with Crippen molar-refractivity contribution in [1.82, 2.24) is 9.62 Å². The summed E-state index contributed by atoms with van der Waals surface area (Å²) in [5.74, 6) is 0.374. The Hall–Kier alpha value is -2.75. The second-order valence-corrected chi connectivity index (χ2v) is 16.8. The number of amides is 1. The van der Waals surface area contributed by atoms with Crippen LogP contribution in [0.1, 0.15) is 39.7 Å². The number of carbonyl (C=O) groups is 1. The molecule has 2 saturated heterocycles. The Bertz CT molecular complexity index is 1520. The summed E-state index contributed by atoms with van der Waals surface area (Å²) in [6.45, 7) is 8.47. The fraction of sp³-hybridized carbons (Fsp3) is 0.618. The molecule has 0 aromatic heterocycles. The van der Waals surface area contributed by atoms with E-state index in [0.717, 1.165) is 11.3 Å². The molecule has 1 amide bonds. The van der Waals surface area contributed by atoms with Crippen molar-refractivity contribution in [3.63, 3.8) is 0 Å². The number of rotatable bonds is 19. The number of nitrogens with one attached hydrogen (secondary N) is 1. The number of ether oxygens (including phenoxy) is 4. The number of alkyl carbamates (subject to hydrolysis) is 1. The molecule has 5 atom stereocenters. The second kappa shape index (κ2) is 18.1. The lowest BCUT2D eigenvalue weighted by atomic mass is 10.0. The van der Waals surface area contributed by atoms with Crippen molar-refractivity contribution in [3.8, 4) is 5.75 Å². The topological polar surface area (TPSA) is 162 Å². The number of aliphatic hydroxyl groups is 1. The lowest BCUT2D eigenvalue weighted by Crippen LogP contribution is -2.54. The molecule has 0 bridgehead atoms. The maximum absolute atomic E-state index is 13.8. The predicted molar refractivity (Wildman–Crippen MR) is 188 cm³/mol. The number of anilines is 1. The first-order chi connectivity index (χ1) is 23.8. The Kier molecular flexibility index (Phi) is 14.5. The molecule has 0 unspecified atom stereocenters. The van der Waals surface area contributed by atoms with Crippen molar-refractivity contribution in [2.24, 2.45) is 11.8 Å². The van der Waals surface area contributed by atoms with E-state index in [9.17, 15) is 22.9 Å². The molecular weight excluding hydrogens is 689 g/mol. The van der Waals surface area contributed by atoms with Crippen LogP contribution in [-0.2, 0) is 44.0 Å². The van der Waals surface area contributed by atoms with Gasteiger partial charge >= 0.3 is 13.7 Å². The van der Waals surface area contributed by atoms with Gasteiger partial charge in [-0.15, -0.1) is 0 Å². The number of carbonyl (C=O) groups excluding carboxylic acids is 1. The van der Waals surface area contributed by atoms with E-state index in [-0.39, 0.29) is 62.3 Å². The number of hydrogen-bond donors (Lipinski definition) is 2. The smallest absolute Gasteiger partial charge is 0.407 e. The fourth-order valence-electron chi connectivity index (χ4n) is 6.05. The molecule has 2 fully saturated rings. The van der Waals surface area contributed by atoms with Gasteiger partial charge in [0.1, 0.15) is 11.9 Å². The molecule has 0 radical (unpaired) electrons. The molecule has 2 heterocycles. The van der Waals surface area contributed by atoms with Crippen LogP contribution in [0.25, 0.3) is 0 Å². The van der Waals surface area contributed by atoms with Gasteiger partial charge in [-0.05, 0) is 68.1 Å². The van der Waals surface area contributed by atoms with Crippen molar-refractivity contribution in [1.29, 1.82) is 0 Å². The number of nitrogens with zero attached hydrogens (tertiary/aromatic N) is 2. The standard InChI is InChI=1S/C34H52N3O11PS/c1-7-46-49(40,47-8-2)23-25-9-11-26(12-10-25)36(5)20-30(35-34(39)48-32-22-45-33-29(32)17-18-44-33)31(38)21-37(19-24(3)4)50(41,42)28-15-13-27(43-6)14-16-28/h9-16,24,29-33,38H,7-8,17-23H2,1-6H3,(H,35,39)/t29-,30-,31+,32-,33+/m0/s1. The number of fused-ring (bicyclic) bond motifs is 1. The summed E-state index contributed by atoms with van der Waals surface area (Å²) in [4.78, 5) is 15.2. The van der Waals surface area contributed by atoms with Crippen LogP contribution in [0.3, 0.4) is 0 Å². The molecule has 2 aromatic carbocycles. The quantitative estimate of drug-likeness (QED) is 0.195. The van der Waals surface area contributed by atoms with E-state index in [2.05, 4.69) is 5.32 Å². The Morgan fingerprint density at radius 1 is 1.02 bits per heavy atom. The summed E-state index contributed by atoms with van der Waals surface area (Å²) in [5.41, 5.74) is 1.50. The van der Waals surface area contributed by atoms with E-state index < -0.39 is 48.3 Å². The van der Waals surface area contributed by atoms with Crippen LogP contribution in [0.2, 0.25) is 0 Å². The van der Waals surface area contributed by atoms with E-state index in [0.29, 0.717) is 18.8 Å². The third-order valence-electron chi connectivity index (χ3n) is 8.54. The highest BCUT2D eigenvalue weighted by Crippen LogP contribution is 2.51. The zero-order chi connectivity index (χ0) is 36.5. The SMILES string of the molecule is CCOP(=O)(Cc1ccc(N(C)C[C@H](NC(=O)O[C@H]2CO[C@H]3OCC[C@H]32)[C@H](O)CN(CC(C)C)S(=O)(=O)c2ccc(OC)cc2)cc1)OCC. The molecule has 16 heteroatoms.